The Morgan fingerprint density at radius 3 is 2.77 bits per heavy atom. The first-order valence-electron chi connectivity index (χ1n) is 6.58. The molecule has 0 aliphatic heterocycles. The molecule has 22 heavy (non-hydrogen) atoms. The number of nitrogens with zero attached hydrogens (tertiary/aromatic N) is 1. The van der Waals surface area contributed by atoms with Crippen LogP contribution in [0.15, 0.2) is 28.1 Å². The molecule has 0 saturated heterocycles. The summed E-state index contributed by atoms with van der Waals surface area (Å²) in [5, 5.41) is 4.79. The summed E-state index contributed by atoms with van der Waals surface area (Å²) in [5.41, 5.74) is 1.41. The Morgan fingerprint density at radius 1 is 1.41 bits per heavy atom. The summed E-state index contributed by atoms with van der Waals surface area (Å²) in [6.07, 6.45) is 0.952. The number of methoxy groups -OCH3 is 1. The molecule has 1 heterocycles. The number of carbonyl (C=O) groups excluding carboxylic acids is 2. The number of aryl methyl sites for hydroxylation is 1. The molecule has 1 amide bonds. The number of thiazole rings is 1. The third kappa shape index (κ3) is 4.38. The molecule has 0 aliphatic rings. The Balaban J connectivity index is 1.89. The van der Waals surface area contributed by atoms with Crippen LogP contribution in [0.2, 0.25) is 0 Å². The Morgan fingerprint density at radius 2 is 2.18 bits per heavy atom. The zero-order valence-corrected chi connectivity index (χ0v) is 14.6. The van der Waals surface area contributed by atoms with Gasteiger partial charge in [-0.1, -0.05) is 6.07 Å². The van der Waals surface area contributed by atoms with Crippen LogP contribution in [-0.4, -0.2) is 23.8 Å². The quantitative estimate of drug-likeness (QED) is 0.773. The topological polar surface area (TPSA) is 68.3 Å². The normalized spacial score (nSPS) is 10.3. The van der Waals surface area contributed by atoms with Crippen LogP contribution >= 0.6 is 27.3 Å². The molecule has 0 bridgehead atoms. The van der Waals surface area contributed by atoms with Crippen molar-refractivity contribution in [2.75, 3.05) is 12.4 Å². The van der Waals surface area contributed by atoms with Crippen molar-refractivity contribution in [3.63, 3.8) is 0 Å². The molecule has 0 spiro atoms. The molecule has 2 rings (SSSR count). The maximum absolute atomic E-state index is 11.9. The molecule has 116 valence electrons. The Bertz CT molecular complexity index is 700. The van der Waals surface area contributed by atoms with E-state index in [2.05, 4.69) is 26.2 Å². The number of anilines is 1. The number of halogens is 1. The molecule has 7 heteroatoms. The predicted octanol–water partition coefficient (Wildman–Crippen LogP) is 3.69. The number of hydrogen-bond acceptors (Lipinski definition) is 5. The first-order valence-corrected chi connectivity index (χ1v) is 8.25. The van der Waals surface area contributed by atoms with Crippen LogP contribution in [0, 0.1) is 0 Å². The minimum Gasteiger partial charge on any atom is -0.496 e. The molecule has 2 aromatic rings. The summed E-state index contributed by atoms with van der Waals surface area (Å²) in [6.45, 7) is 1.45. The van der Waals surface area contributed by atoms with E-state index in [9.17, 15) is 9.59 Å². The SMILES string of the molecule is COc1ccc(CCC(=O)Nc2nc(C(C)=O)cs2)cc1Br. The molecule has 1 aromatic carbocycles. The van der Waals surface area contributed by atoms with E-state index in [1.807, 2.05) is 18.2 Å². The summed E-state index contributed by atoms with van der Waals surface area (Å²) in [7, 11) is 1.61. The smallest absolute Gasteiger partial charge is 0.226 e. The average molecular weight is 383 g/mol. The zero-order valence-electron chi connectivity index (χ0n) is 12.2. The first-order chi connectivity index (χ1) is 10.5. The van der Waals surface area contributed by atoms with E-state index in [4.69, 9.17) is 4.74 Å². The van der Waals surface area contributed by atoms with Crippen LogP contribution < -0.4 is 10.1 Å². The summed E-state index contributed by atoms with van der Waals surface area (Å²) < 4.78 is 6.03. The van der Waals surface area contributed by atoms with Crippen LogP contribution in [0.5, 0.6) is 5.75 Å². The molecule has 0 aliphatic carbocycles. The monoisotopic (exact) mass is 382 g/mol. The van der Waals surface area contributed by atoms with E-state index < -0.39 is 0 Å². The van der Waals surface area contributed by atoms with E-state index in [0.29, 0.717) is 23.7 Å². The van der Waals surface area contributed by atoms with Crippen molar-refractivity contribution < 1.29 is 14.3 Å². The van der Waals surface area contributed by atoms with E-state index in [1.54, 1.807) is 12.5 Å². The number of hydrogen-bond donors (Lipinski definition) is 1. The lowest BCUT2D eigenvalue weighted by Gasteiger charge is -2.06. The highest BCUT2D eigenvalue weighted by molar-refractivity contribution is 9.10. The molecule has 0 fully saturated rings. The number of amides is 1. The maximum atomic E-state index is 11.9. The van der Waals surface area contributed by atoms with Gasteiger partial charge in [0.15, 0.2) is 10.9 Å². The number of ether oxygens (including phenoxy) is 1. The van der Waals surface area contributed by atoms with Crippen LogP contribution in [0.3, 0.4) is 0 Å². The fourth-order valence-corrected chi connectivity index (χ4v) is 3.15. The number of nitrogens with one attached hydrogen (secondary N) is 1. The van der Waals surface area contributed by atoms with Gasteiger partial charge in [-0.15, -0.1) is 11.3 Å². The maximum Gasteiger partial charge on any atom is 0.226 e. The fourth-order valence-electron chi connectivity index (χ4n) is 1.80. The lowest BCUT2D eigenvalue weighted by Crippen LogP contribution is -2.12. The second-order valence-electron chi connectivity index (χ2n) is 4.61. The van der Waals surface area contributed by atoms with Gasteiger partial charge >= 0.3 is 0 Å². The molecule has 5 nitrogen and oxygen atoms in total. The molecular formula is C15H15BrN2O3S. The average Bonchev–Trinajstić information content (AvgIpc) is 2.94. The van der Waals surface area contributed by atoms with Crippen molar-refractivity contribution >= 4 is 44.1 Å². The van der Waals surface area contributed by atoms with Gasteiger partial charge in [-0.2, -0.15) is 0 Å². The van der Waals surface area contributed by atoms with Gasteiger partial charge < -0.3 is 10.1 Å². The number of rotatable bonds is 6. The third-order valence-corrected chi connectivity index (χ3v) is 4.35. The van der Waals surface area contributed by atoms with Crippen molar-refractivity contribution in [1.29, 1.82) is 0 Å². The highest BCUT2D eigenvalue weighted by Gasteiger charge is 2.10. The van der Waals surface area contributed by atoms with E-state index in [0.717, 1.165) is 15.8 Å². The standard InChI is InChI=1S/C15H15BrN2O3S/c1-9(19)12-8-22-15(17-12)18-14(20)6-4-10-3-5-13(21-2)11(16)7-10/h3,5,7-8H,4,6H2,1-2H3,(H,17,18,20). The number of ketones is 1. The molecule has 0 atom stereocenters. The predicted molar refractivity (Wildman–Crippen MR) is 89.8 cm³/mol. The summed E-state index contributed by atoms with van der Waals surface area (Å²) in [4.78, 5) is 27.1. The van der Waals surface area contributed by atoms with Gasteiger partial charge in [0.25, 0.3) is 0 Å². The van der Waals surface area contributed by atoms with Crippen LogP contribution in [0.4, 0.5) is 5.13 Å². The van der Waals surface area contributed by atoms with Gasteiger partial charge in [-0.3, -0.25) is 9.59 Å². The second-order valence-corrected chi connectivity index (χ2v) is 6.32. The first kappa shape index (κ1) is 16.6. The minimum absolute atomic E-state index is 0.111. The van der Waals surface area contributed by atoms with Gasteiger partial charge in [0.2, 0.25) is 5.91 Å². The number of Topliss-reactive ketones (excluding diaryl/α,β-unsaturated/α-hetero) is 1. The molecule has 0 unspecified atom stereocenters. The van der Waals surface area contributed by atoms with Crippen LogP contribution in [-0.2, 0) is 11.2 Å². The lowest BCUT2D eigenvalue weighted by atomic mass is 10.1. The molecule has 0 saturated carbocycles. The van der Waals surface area contributed by atoms with Crippen molar-refractivity contribution in [3.8, 4) is 5.75 Å². The highest BCUT2D eigenvalue weighted by atomic mass is 79.9. The molecular weight excluding hydrogens is 368 g/mol. The fraction of sp³-hybridized carbons (Fsp3) is 0.267. The summed E-state index contributed by atoms with van der Waals surface area (Å²) in [5.74, 6) is 0.518. The third-order valence-electron chi connectivity index (χ3n) is 2.97. The number of benzene rings is 1. The zero-order chi connectivity index (χ0) is 16.1. The highest BCUT2D eigenvalue weighted by Crippen LogP contribution is 2.26. The Kier molecular flexibility index (Phi) is 5.68. The number of carbonyl (C=O) groups is 2. The summed E-state index contributed by atoms with van der Waals surface area (Å²) >= 11 is 4.67. The molecule has 1 N–H and O–H groups in total. The van der Waals surface area contributed by atoms with Crippen LogP contribution in [0.25, 0.3) is 0 Å². The largest absolute Gasteiger partial charge is 0.496 e. The minimum atomic E-state index is -0.128. The van der Waals surface area contributed by atoms with Gasteiger partial charge in [0.1, 0.15) is 11.4 Å². The van der Waals surface area contributed by atoms with E-state index in [-0.39, 0.29) is 11.7 Å². The van der Waals surface area contributed by atoms with Gasteiger partial charge in [0, 0.05) is 18.7 Å². The van der Waals surface area contributed by atoms with Gasteiger partial charge in [-0.25, -0.2) is 4.98 Å². The lowest BCUT2D eigenvalue weighted by molar-refractivity contribution is -0.116. The van der Waals surface area contributed by atoms with Crippen molar-refractivity contribution in [1.82, 2.24) is 4.98 Å². The Hall–Kier alpha value is -1.73. The Labute approximate surface area is 140 Å². The van der Waals surface area contributed by atoms with Gasteiger partial charge in [-0.05, 0) is 40.0 Å². The van der Waals surface area contributed by atoms with Crippen molar-refractivity contribution in [2.24, 2.45) is 0 Å². The number of aromatic nitrogens is 1. The van der Waals surface area contributed by atoms with E-state index >= 15 is 0 Å². The second kappa shape index (κ2) is 7.51. The molecule has 0 radical (unpaired) electrons. The summed E-state index contributed by atoms with van der Waals surface area (Å²) in [6, 6.07) is 5.72. The van der Waals surface area contributed by atoms with Crippen molar-refractivity contribution in [3.05, 3.63) is 39.3 Å². The molecule has 1 aromatic heterocycles. The van der Waals surface area contributed by atoms with Gasteiger partial charge in [0.05, 0.1) is 11.6 Å². The van der Waals surface area contributed by atoms with E-state index in [1.165, 1.54) is 18.3 Å². The van der Waals surface area contributed by atoms with Crippen LogP contribution in [0.1, 0.15) is 29.4 Å². The van der Waals surface area contributed by atoms with Crippen molar-refractivity contribution in [2.45, 2.75) is 19.8 Å².